The van der Waals surface area contributed by atoms with Gasteiger partial charge in [0, 0.05) is 0 Å². The van der Waals surface area contributed by atoms with Crippen molar-refractivity contribution in [1.29, 1.82) is 0 Å². The summed E-state index contributed by atoms with van der Waals surface area (Å²) in [5.74, 6) is 0.870. The molecule has 140 valence electrons. The molecule has 3 aromatic carbocycles. The molecule has 28 heavy (non-hydrogen) atoms. The number of hydrogen-bond acceptors (Lipinski definition) is 4. The highest BCUT2D eigenvalue weighted by Crippen LogP contribution is 2.35. The molecule has 0 fully saturated rings. The molecule has 0 saturated carbocycles. The molecule has 0 bridgehead atoms. The first kappa shape index (κ1) is 17.8. The van der Waals surface area contributed by atoms with E-state index in [0.717, 1.165) is 16.3 Å². The highest BCUT2D eigenvalue weighted by Gasteiger charge is 2.27. The van der Waals surface area contributed by atoms with Crippen molar-refractivity contribution in [2.45, 2.75) is 13.0 Å². The molecule has 1 N–H and O–H groups in total. The van der Waals surface area contributed by atoms with Crippen LogP contribution in [-0.2, 0) is 4.79 Å². The summed E-state index contributed by atoms with van der Waals surface area (Å²) < 4.78 is 11.6. The predicted octanol–water partition coefficient (Wildman–Crippen LogP) is 4.19. The zero-order valence-corrected chi connectivity index (χ0v) is 15.5. The standard InChI is InChI=1S/C23H20N2O3/c1-16(11-12-17-7-3-2-4-8-17)24-25-23(26)22-15-27-20-13-18-9-5-6-10-19(18)14-21(20)28-22/h2-14,22H,15H2,1H3,(H,25,26)/b12-11+,24-16+/t22-/m1/s1. The van der Waals surface area contributed by atoms with E-state index in [-0.39, 0.29) is 12.5 Å². The summed E-state index contributed by atoms with van der Waals surface area (Å²) in [4.78, 5) is 12.4. The number of amides is 1. The van der Waals surface area contributed by atoms with Crippen molar-refractivity contribution >= 4 is 28.5 Å². The summed E-state index contributed by atoms with van der Waals surface area (Å²) in [5.41, 5.74) is 4.30. The van der Waals surface area contributed by atoms with E-state index in [9.17, 15) is 4.79 Å². The van der Waals surface area contributed by atoms with E-state index in [0.29, 0.717) is 17.2 Å². The van der Waals surface area contributed by atoms with Gasteiger partial charge >= 0.3 is 0 Å². The van der Waals surface area contributed by atoms with Crippen LogP contribution in [0.25, 0.3) is 16.8 Å². The Labute approximate surface area is 163 Å². The fourth-order valence-corrected chi connectivity index (χ4v) is 2.92. The summed E-state index contributed by atoms with van der Waals surface area (Å²) >= 11 is 0. The van der Waals surface area contributed by atoms with E-state index >= 15 is 0 Å². The Balaban J connectivity index is 1.40. The SMILES string of the molecule is CC(/C=C/c1ccccc1)=N\NC(=O)[C@H]1COc2cc3ccccc3cc2O1. The molecule has 0 spiro atoms. The van der Waals surface area contributed by atoms with Crippen molar-refractivity contribution in [3.63, 3.8) is 0 Å². The molecule has 0 unspecified atom stereocenters. The van der Waals surface area contributed by atoms with Gasteiger partial charge in [-0.15, -0.1) is 0 Å². The topological polar surface area (TPSA) is 59.9 Å². The van der Waals surface area contributed by atoms with Gasteiger partial charge in [0.15, 0.2) is 11.5 Å². The van der Waals surface area contributed by atoms with Crippen LogP contribution >= 0.6 is 0 Å². The molecule has 5 heteroatoms. The van der Waals surface area contributed by atoms with Crippen molar-refractivity contribution in [3.8, 4) is 11.5 Å². The quantitative estimate of drug-likeness (QED) is 0.552. The van der Waals surface area contributed by atoms with Gasteiger partial charge in [0.2, 0.25) is 6.10 Å². The Morgan fingerprint density at radius 1 is 1.04 bits per heavy atom. The van der Waals surface area contributed by atoms with Gasteiger partial charge in [-0.2, -0.15) is 5.10 Å². The molecule has 0 aliphatic carbocycles. The van der Waals surface area contributed by atoms with Crippen molar-refractivity contribution in [1.82, 2.24) is 5.43 Å². The molecule has 1 atom stereocenters. The third-order valence-corrected chi connectivity index (χ3v) is 4.42. The van der Waals surface area contributed by atoms with Crippen LogP contribution in [0.5, 0.6) is 11.5 Å². The zero-order valence-electron chi connectivity index (χ0n) is 15.5. The summed E-state index contributed by atoms with van der Waals surface area (Å²) in [5, 5.41) is 6.22. The lowest BCUT2D eigenvalue weighted by molar-refractivity contribution is -0.130. The predicted molar refractivity (Wildman–Crippen MR) is 111 cm³/mol. The smallest absolute Gasteiger partial charge is 0.284 e. The molecular weight excluding hydrogens is 352 g/mol. The third kappa shape index (κ3) is 4.04. The number of carbonyl (C=O) groups is 1. The molecular formula is C23H20N2O3. The van der Waals surface area contributed by atoms with E-state index in [4.69, 9.17) is 9.47 Å². The molecule has 1 aliphatic heterocycles. The minimum atomic E-state index is -0.747. The number of nitrogens with one attached hydrogen (secondary N) is 1. The number of nitrogens with zero attached hydrogens (tertiary/aromatic N) is 1. The Bertz CT molecular complexity index is 1060. The maximum absolute atomic E-state index is 12.4. The molecule has 3 aromatic rings. The Kier molecular flexibility index (Phi) is 5.06. The first-order chi connectivity index (χ1) is 13.7. The lowest BCUT2D eigenvalue weighted by Crippen LogP contribution is -2.42. The molecule has 5 nitrogen and oxygen atoms in total. The number of rotatable bonds is 4. The number of ether oxygens (including phenoxy) is 2. The fraction of sp³-hybridized carbons (Fsp3) is 0.130. The summed E-state index contributed by atoms with van der Waals surface area (Å²) in [6.45, 7) is 1.96. The maximum Gasteiger partial charge on any atom is 0.284 e. The van der Waals surface area contributed by atoms with Gasteiger partial charge < -0.3 is 9.47 Å². The first-order valence-corrected chi connectivity index (χ1v) is 9.08. The van der Waals surface area contributed by atoms with Gasteiger partial charge in [0.05, 0.1) is 5.71 Å². The number of hydrazone groups is 1. The molecule has 1 amide bonds. The normalized spacial score (nSPS) is 16.3. The van der Waals surface area contributed by atoms with E-state index in [1.807, 2.05) is 85.8 Å². The molecule has 0 radical (unpaired) electrons. The van der Waals surface area contributed by atoms with Crippen molar-refractivity contribution in [2.24, 2.45) is 5.10 Å². The first-order valence-electron chi connectivity index (χ1n) is 9.08. The Hall–Kier alpha value is -3.60. The molecule has 0 aromatic heterocycles. The Morgan fingerprint density at radius 2 is 1.71 bits per heavy atom. The minimum absolute atomic E-state index is 0.144. The Morgan fingerprint density at radius 3 is 2.46 bits per heavy atom. The fourth-order valence-electron chi connectivity index (χ4n) is 2.92. The molecule has 4 rings (SSSR count). The molecule has 1 aliphatic rings. The lowest BCUT2D eigenvalue weighted by atomic mass is 10.1. The van der Waals surface area contributed by atoms with E-state index in [2.05, 4.69) is 10.5 Å². The second-order valence-electron chi connectivity index (χ2n) is 6.54. The van der Waals surface area contributed by atoms with Crippen LogP contribution in [0, 0.1) is 0 Å². The summed E-state index contributed by atoms with van der Waals surface area (Å²) in [7, 11) is 0. The van der Waals surface area contributed by atoms with Gasteiger partial charge in [-0.1, -0.05) is 60.7 Å². The van der Waals surface area contributed by atoms with Crippen molar-refractivity contribution in [2.75, 3.05) is 6.61 Å². The minimum Gasteiger partial charge on any atom is -0.485 e. The van der Waals surface area contributed by atoms with Crippen LogP contribution in [0.3, 0.4) is 0 Å². The van der Waals surface area contributed by atoms with Gasteiger partial charge in [-0.25, -0.2) is 5.43 Å². The number of benzene rings is 3. The van der Waals surface area contributed by atoms with Crippen LogP contribution in [0.4, 0.5) is 0 Å². The van der Waals surface area contributed by atoms with Crippen LogP contribution in [0.1, 0.15) is 12.5 Å². The van der Waals surface area contributed by atoms with E-state index in [1.165, 1.54) is 0 Å². The lowest BCUT2D eigenvalue weighted by Gasteiger charge is -2.25. The second kappa shape index (κ2) is 7.96. The highest BCUT2D eigenvalue weighted by molar-refractivity contribution is 5.97. The zero-order chi connectivity index (χ0) is 19.3. The van der Waals surface area contributed by atoms with E-state index < -0.39 is 6.10 Å². The van der Waals surface area contributed by atoms with Crippen LogP contribution < -0.4 is 14.9 Å². The van der Waals surface area contributed by atoms with Gasteiger partial charge in [0.25, 0.3) is 5.91 Å². The van der Waals surface area contributed by atoms with Gasteiger partial charge in [-0.3, -0.25) is 4.79 Å². The second-order valence-corrected chi connectivity index (χ2v) is 6.54. The maximum atomic E-state index is 12.4. The largest absolute Gasteiger partial charge is 0.485 e. The van der Waals surface area contributed by atoms with Crippen LogP contribution in [-0.4, -0.2) is 24.3 Å². The number of carbonyl (C=O) groups excluding carboxylic acids is 1. The number of fused-ring (bicyclic) bond motifs is 2. The van der Waals surface area contributed by atoms with Crippen molar-refractivity contribution in [3.05, 3.63) is 78.4 Å². The van der Waals surface area contributed by atoms with Crippen LogP contribution in [0.2, 0.25) is 0 Å². The van der Waals surface area contributed by atoms with Crippen LogP contribution in [0.15, 0.2) is 77.9 Å². The molecule has 1 heterocycles. The number of allylic oxidation sites excluding steroid dienone is 1. The van der Waals surface area contributed by atoms with Gasteiger partial charge in [-0.05, 0) is 41.5 Å². The van der Waals surface area contributed by atoms with Gasteiger partial charge in [0.1, 0.15) is 6.61 Å². The summed E-state index contributed by atoms with van der Waals surface area (Å²) in [6.07, 6.45) is 3.03. The van der Waals surface area contributed by atoms with Crippen molar-refractivity contribution < 1.29 is 14.3 Å². The summed E-state index contributed by atoms with van der Waals surface area (Å²) in [6, 6.07) is 21.7. The third-order valence-electron chi connectivity index (χ3n) is 4.42. The monoisotopic (exact) mass is 372 g/mol. The number of hydrogen-bond donors (Lipinski definition) is 1. The average Bonchev–Trinajstić information content (AvgIpc) is 2.74. The molecule has 0 saturated heterocycles. The van der Waals surface area contributed by atoms with E-state index in [1.54, 1.807) is 0 Å². The average molecular weight is 372 g/mol. The highest BCUT2D eigenvalue weighted by atomic mass is 16.6.